The molecule has 0 radical (unpaired) electrons. The molecule has 0 aliphatic carbocycles. The molecule has 0 aromatic heterocycles. The minimum absolute atomic E-state index is 0.0512. The number of hydrogen-bond acceptors (Lipinski definition) is 3. The number of benzene rings is 1. The Bertz CT molecular complexity index is 504. The van der Waals surface area contributed by atoms with Gasteiger partial charge in [-0.3, -0.25) is 14.5 Å². The number of carbonyl (C=O) groups is 2. The van der Waals surface area contributed by atoms with Crippen molar-refractivity contribution in [3.8, 4) is 0 Å². The number of piperazine rings is 1. The number of amides is 2. The van der Waals surface area contributed by atoms with Crippen LogP contribution in [0.4, 0.5) is 5.69 Å². The SMILES string of the molecule is CCC1C(=O)NC(C)C(=O)N1c1cccc(SC)c1. The van der Waals surface area contributed by atoms with Crippen molar-refractivity contribution in [3.05, 3.63) is 24.3 Å². The standard InChI is InChI=1S/C14H18N2O2S/c1-4-12-13(17)15-9(2)14(18)16(12)10-6-5-7-11(8-10)19-3/h5-9,12H,4H2,1-3H3,(H,15,17). The van der Waals surface area contributed by atoms with Crippen LogP contribution in [0.25, 0.3) is 0 Å². The van der Waals surface area contributed by atoms with Crippen LogP contribution in [0, 0.1) is 0 Å². The first-order valence-corrected chi connectivity index (χ1v) is 7.58. The molecule has 102 valence electrons. The fourth-order valence-electron chi connectivity index (χ4n) is 2.29. The third-order valence-corrected chi connectivity index (χ3v) is 4.02. The number of rotatable bonds is 3. The van der Waals surface area contributed by atoms with Crippen molar-refractivity contribution in [3.63, 3.8) is 0 Å². The van der Waals surface area contributed by atoms with Crippen LogP contribution in [0.3, 0.4) is 0 Å². The third-order valence-electron chi connectivity index (χ3n) is 3.30. The largest absolute Gasteiger partial charge is 0.343 e. The van der Waals surface area contributed by atoms with Crippen LogP contribution >= 0.6 is 11.8 Å². The lowest BCUT2D eigenvalue weighted by Gasteiger charge is -2.37. The normalized spacial score (nSPS) is 23.4. The first-order chi connectivity index (χ1) is 9.08. The molecule has 0 bridgehead atoms. The molecule has 0 spiro atoms. The Balaban J connectivity index is 2.42. The van der Waals surface area contributed by atoms with Gasteiger partial charge in [-0.15, -0.1) is 11.8 Å². The van der Waals surface area contributed by atoms with E-state index in [2.05, 4.69) is 5.32 Å². The summed E-state index contributed by atoms with van der Waals surface area (Å²) in [5, 5.41) is 2.72. The lowest BCUT2D eigenvalue weighted by atomic mass is 10.0. The molecule has 1 aliphatic rings. The van der Waals surface area contributed by atoms with Crippen molar-refractivity contribution in [2.75, 3.05) is 11.2 Å². The molecule has 2 amide bonds. The number of hydrogen-bond donors (Lipinski definition) is 1. The smallest absolute Gasteiger partial charge is 0.250 e. The van der Waals surface area contributed by atoms with Gasteiger partial charge in [0.1, 0.15) is 12.1 Å². The average Bonchev–Trinajstić information content (AvgIpc) is 2.42. The zero-order valence-corrected chi connectivity index (χ0v) is 12.2. The molecule has 1 saturated heterocycles. The molecule has 2 unspecified atom stereocenters. The molecule has 2 atom stereocenters. The van der Waals surface area contributed by atoms with Gasteiger partial charge in [0.05, 0.1) is 0 Å². The molecular formula is C14H18N2O2S. The predicted octanol–water partition coefficient (Wildman–Crippen LogP) is 2.04. The van der Waals surface area contributed by atoms with Gasteiger partial charge in [0, 0.05) is 10.6 Å². The van der Waals surface area contributed by atoms with Crippen LogP contribution in [0.5, 0.6) is 0 Å². The van der Waals surface area contributed by atoms with E-state index in [1.165, 1.54) is 0 Å². The van der Waals surface area contributed by atoms with Crippen LogP contribution in [-0.4, -0.2) is 30.2 Å². The number of nitrogens with one attached hydrogen (secondary N) is 1. The van der Waals surface area contributed by atoms with Crippen molar-refractivity contribution < 1.29 is 9.59 Å². The van der Waals surface area contributed by atoms with Crippen molar-refractivity contribution in [1.82, 2.24) is 5.32 Å². The van der Waals surface area contributed by atoms with Gasteiger partial charge in [-0.2, -0.15) is 0 Å². The van der Waals surface area contributed by atoms with E-state index in [-0.39, 0.29) is 11.8 Å². The summed E-state index contributed by atoms with van der Waals surface area (Å²) in [5.41, 5.74) is 0.797. The molecular weight excluding hydrogens is 260 g/mol. The highest BCUT2D eigenvalue weighted by Crippen LogP contribution is 2.26. The molecule has 1 aliphatic heterocycles. The Hall–Kier alpha value is -1.49. The van der Waals surface area contributed by atoms with Gasteiger partial charge in [0.25, 0.3) is 0 Å². The topological polar surface area (TPSA) is 49.4 Å². The van der Waals surface area contributed by atoms with E-state index in [0.29, 0.717) is 6.42 Å². The van der Waals surface area contributed by atoms with E-state index in [4.69, 9.17) is 0 Å². The maximum absolute atomic E-state index is 12.3. The summed E-state index contributed by atoms with van der Waals surface area (Å²) in [7, 11) is 0. The van der Waals surface area contributed by atoms with Gasteiger partial charge in [-0.05, 0) is 37.8 Å². The molecule has 4 nitrogen and oxygen atoms in total. The monoisotopic (exact) mass is 278 g/mol. The van der Waals surface area contributed by atoms with Crippen LogP contribution in [-0.2, 0) is 9.59 Å². The first kappa shape index (κ1) is 13.9. The lowest BCUT2D eigenvalue weighted by Crippen LogP contribution is -2.62. The van der Waals surface area contributed by atoms with Gasteiger partial charge in [-0.1, -0.05) is 13.0 Å². The Morgan fingerprint density at radius 3 is 2.74 bits per heavy atom. The second kappa shape index (κ2) is 5.65. The summed E-state index contributed by atoms with van der Waals surface area (Å²) >= 11 is 1.62. The maximum Gasteiger partial charge on any atom is 0.250 e. The van der Waals surface area contributed by atoms with Crippen molar-refractivity contribution in [1.29, 1.82) is 0 Å². The lowest BCUT2D eigenvalue weighted by molar-refractivity contribution is -0.133. The average molecular weight is 278 g/mol. The van der Waals surface area contributed by atoms with Crippen molar-refractivity contribution in [2.24, 2.45) is 0 Å². The second-order valence-corrected chi connectivity index (χ2v) is 5.44. The van der Waals surface area contributed by atoms with E-state index < -0.39 is 12.1 Å². The van der Waals surface area contributed by atoms with Gasteiger partial charge in [0.2, 0.25) is 11.8 Å². The Morgan fingerprint density at radius 1 is 1.37 bits per heavy atom. The van der Waals surface area contributed by atoms with Gasteiger partial charge in [0.15, 0.2) is 0 Å². The molecule has 1 aromatic carbocycles. The highest BCUT2D eigenvalue weighted by molar-refractivity contribution is 7.98. The number of carbonyl (C=O) groups excluding carboxylic acids is 2. The predicted molar refractivity (Wildman–Crippen MR) is 77.4 cm³/mol. The highest BCUT2D eigenvalue weighted by atomic mass is 32.2. The molecule has 1 heterocycles. The van der Waals surface area contributed by atoms with Crippen molar-refractivity contribution >= 4 is 29.3 Å². The van der Waals surface area contributed by atoms with E-state index in [1.807, 2.05) is 37.4 Å². The summed E-state index contributed by atoms with van der Waals surface area (Å²) < 4.78 is 0. The zero-order valence-electron chi connectivity index (χ0n) is 11.3. The molecule has 1 fully saturated rings. The molecule has 19 heavy (non-hydrogen) atoms. The summed E-state index contributed by atoms with van der Waals surface area (Å²) in [4.78, 5) is 27.1. The fourth-order valence-corrected chi connectivity index (χ4v) is 2.74. The fraction of sp³-hybridized carbons (Fsp3) is 0.429. The van der Waals surface area contributed by atoms with Crippen LogP contribution in [0.15, 0.2) is 29.2 Å². The number of thioether (sulfide) groups is 1. The van der Waals surface area contributed by atoms with E-state index in [0.717, 1.165) is 10.6 Å². The zero-order chi connectivity index (χ0) is 14.0. The summed E-state index contributed by atoms with van der Waals surface area (Å²) in [6.07, 6.45) is 2.59. The Labute approximate surface area is 117 Å². The third kappa shape index (κ3) is 2.61. The summed E-state index contributed by atoms with van der Waals surface area (Å²) in [6, 6.07) is 6.86. The first-order valence-electron chi connectivity index (χ1n) is 6.36. The van der Waals surface area contributed by atoms with Crippen molar-refractivity contribution in [2.45, 2.75) is 37.2 Å². The molecule has 2 rings (SSSR count). The molecule has 0 saturated carbocycles. The van der Waals surface area contributed by atoms with Crippen LogP contribution in [0.1, 0.15) is 20.3 Å². The Morgan fingerprint density at radius 2 is 2.11 bits per heavy atom. The minimum atomic E-state index is -0.465. The van der Waals surface area contributed by atoms with E-state index >= 15 is 0 Å². The van der Waals surface area contributed by atoms with E-state index in [9.17, 15) is 9.59 Å². The summed E-state index contributed by atoms with van der Waals surface area (Å²) in [6.45, 7) is 3.64. The van der Waals surface area contributed by atoms with Gasteiger partial charge in [-0.25, -0.2) is 0 Å². The van der Waals surface area contributed by atoms with Gasteiger partial charge >= 0.3 is 0 Å². The summed E-state index contributed by atoms with van der Waals surface area (Å²) in [5.74, 6) is -0.131. The molecule has 1 N–H and O–H groups in total. The number of anilines is 1. The highest BCUT2D eigenvalue weighted by Gasteiger charge is 2.38. The second-order valence-electron chi connectivity index (χ2n) is 4.56. The van der Waals surface area contributed by atoms with Gasteiger partial charge < -0.3 is 5.32 Å². The Kier molecular flexibility index (Phi) is 4.14. The quantitative estimate of drug-likeness (QED) is 0.861. The minimum Gasteiger partial charge on any atom is -0.343 e. The molecule has 5 heteroatoms. The van der Waals surface area contributed by atoms with Crippen LogP contribution in [0.2, 0.25) is 0 Å². The maximum atomic E-state index is 12.3. The molecule has 1 aromatic rings. The van der Waals surface area contributed by atoms with E-state index in [1.54, 1.807) is 23.6 Å². The number of nitrogens with zero attached hydrogens (tertiary/aromatic N) is 1. The van der Waals surface area contributed by atoms with Crippen LogP contribution < -0.4 is 10.2 Å².